The van der Waals surface area contributed by atoms with Crippen LogP contribution in [0.3, 0.4) is 0 Å². The topological polar surface area (TPSA) is 88.2 Å². The van der Waals surface area contributed by atoms with Gasteiger partial charge in [0.1, 0.15) is 6.04 Å². The first kappa shape index (κ1) is 21.4. The Morgan fingerprint density at radius 1 is 1.12 bits per heavy atom. The van der Waals surface area contributed by atoms with Crippen LogP contribution < -0.4 is 5.32 Å². The zero-order chi connectivity index (χ0) is 19.1. The quantitative estimate of drug-likeness (QED) is 0.471. The van der Waals surface area contributed by atoms with Crippen molar-refractivity contribution in [1.82, 2.24) is 10.2 Å². The number of amides is 2. The third-order valence-electron chi connectivity index (χ3n) is 4.09. The first-order valence-electron chi connectivity index (χ1n) is 9.05. The monoisotopic (exact) mass is 356 g/mol. The number of likely N-dealkylation sites (N-methyl/N-ethyl adjacent to an activating group) is 1. The van der Waals surface area contributed by atoms with Gasteiger partial charge in [-0.1, -0.05) is 27.7 Å². The fourth-order valence-corrected chi connectivity index (χ4v) is 2.55. The first-order chi connectivity index (χ1) is 11.7. The van der Waals surface area contributed by atoms with E-state index in [4.69, 9.17) is 9.47 Å². The first-order valence-corrected chi connectivity index (χ1v) is 9.05. The average molecular weight is 356 g/mol. The van der Waals surface area contributed by atoms with Crippen molar-refractivity contribution < 1.29 is 23.9 Å². The Hall–Kier alpha value is -1.63. The van der Waals surface area contributed by atoms with Crippen molar-refractivity contribution in [2.45, 2.75) is 65.7 Å². The van der Waals surface area contributed by atoms with Crippen LogP contribution in [0.25, 0.3) is 0 Å². The third kappa shape index (κ3) is 6.65. The molecule has 3 atom stereocenters. The fraction of sp³-hybridized carbons (Fsp3) is 0.833. The molecule has 0 aromatic rings. The molecule has 25 heavy (non-hydrogen) atoms. The third-order valence-corrected chi connectivity index (χ3v) is 4.09. The molecule has 0 saturated carbocycles. The van der Waals surface area contributed by atoms with Gasteiger partial charge in [0.15, 0.2) is 12.2 Å². The Morgan fingerprint density at radius 2 is 1.76 bits per heavy atom. The Balaban J connectivity index is 2.66. The summed E-state index contributed by atoms with van der Waals surface area (Å²) in [7, 11) is 1.58. The van der Waals surface area contributed by atoms with E-state index in [2.05, 4.69) is 19.2 Å². The molecule has 0 bridgehead atoms. The number of nitrogens with one attached hydrogen (secondary N) is 1. The summed E-state index contributed by atoms with van der Waals surface area (Å²) in [5.41, 5.74) is 0. The molecular weight excluding hydrogens is 324 g/mol. The van der Waals surface area contributed by atoms with E-state index in [9.17, 15) is 14.4 Å². The van der Waals surface area contributed by atoms with Crippen molar-refractivity contribution in [2.75, 3.05) is 20.2 Å². The van der Waals surface area contributed by atoms with E-state index >= 15 is 0 Å². The maximum absolute atomic E-state index is 12.5. The van der Waals surface area contributed by atoms with Crippen molar-refractivity contribution in [3.05, 3.63) is 0 Å². The molecular formula is C18H32N2O5. The van der Waals surface area contributed by atoms with E-state index < -0.39 is 24.2 Å². The number of epoxide rings is 1. The predicted molar refractivity (Wildman–Crippen MR) is 93.8 cm³/mol. The molecule has 1 N–H and O–H groups in total. The molecule has 0 aromatic carbocycles. The maximum Gasteiger partial charge on any atom is 0.338 e. The highest BCUT2D eigenvalue weighted by molar-refractivity contribution is 5.95. The van der Waals surface area contributed by atoms with Gasteiger partial charge in [0, 0.05) is 13.6 Å². The van der Waals surface area contributed by atoms with Gasteiger partial charge >= 0.3 is 5.97 Å². The zero-order valence-corrected chi connectivity index (χ0v) is 16.2. The van der Waals surface area contributed by atoms with Crippen molar-refractivity contribution in [3.63, 3.8) is 0 Å². The van der Waals surface area contributed by atoms with Gasteiger partial charge in [-0.05, 0) is 31.6 Å². The largest absolute Gasteiger partial charge is 0.464 e. The van der Waals surface area contributed by atoms with Gasteiger partial charge in [-0.25, -0.2) is 4.79 Å². The standard InChI is InChI=1S/C18H32N2O5/c1-7-24-18(23)15-14(25-15)17(22)20(6)13(10-12(4)5)16(21)19-9-8-11(2)3/h11-15H,7-10H2,1-6H3,(H,19,21)/t13-,14?,15-/m0/s1. The SMILES string of the molecule is CCOC(=O)[C@H]1OC1C(=O)N(C)[C@@H](CC(C)C)C(=O)NCCC(C)C. The number of hydrogen-bond donors (Lipinski definition) is 1. The van der Waals surface area contributed by atoms with E-state index in [1.165, 1.54) is 4.90 Å². The van der Waals surface area contributed by atoms with Crippen LogP contribution in [0, 0.1) is 11.8 Å². The molecule has 0 aliphatic carbocycles. The molecule has 7 heteroatoms. The fourth-order valence-electron chi connectivity index (χ4n) is 2.55. The van der Waals surface area contributed by atoms with Crippen molar-refractivity contribution in [3.8, 4) is 0 Å². The number of esters is 1. The van der Waals surface area contributed by atoms with Gasteiger partial charge in [-0.2, -0.15) is 0 Å². The van der Waals surface area contributed by atoms with E-state index in [1.54, 1.807) is 14.0 Å². The second-order valence-corrected chi connectivity index (χ2v) is 7.30. The number of carbonyl (C=O) groups is 3. The molecule has 1 saturated heterocycles. The van der Waals surface area contributed by atoms with Crippen LogP contribution >= 0.6 is 0 Å². The minimum Gasteiger partial charge on any atom is -0.464 e. The van der Waals surface area contributed by atoms with Gasteiger partial charge in [0.05, 0.1) is 6.61 Å². The van der Waals surface area contributed by atoms with E-state index in [0.717, 1.165) is 6.42 Å². The van der Waals surface area contributed by atoms with Crippen LogP contribution in [0.5, 0.6) is 0 Å². The minimum atomic E-state index is -0.849. The lowest BCUT2D eigenvalue weighted by Gasteiger charge is -2.28. The van der Waals surface area contributed by atoms with Crippen LogP contribution in [0.15, 0.2) is 0 Å². The molecule has 1 rings (SSSR count). The van der Waals surface area contributed by atoms with Gasteiger partial charge in [-0.3, -0.25) is 9.59 Å². The van der Waals surface area contributed by atoms with Crippen LogP contribution in [-0.2, 0) is 23.9 Å². The Kier molecular flexibility index (Phi) is 8.35. The van der Waals surface area contributed by atoms with Crippen molar-refractivity contribution >= 4 is 17.8 Å². The molecule has 0 spiro atoms. The molecule has 0 aromatic heterocycles. The van der Waals surface area contributed by atoms with E-state index in [0.29, 0.717) is 18.9 Å². The minimum absolute atomic E-state index is 0.168. The van der Waals surface area contributed by atoms with Gasteiger partial charge in [0.25, 0.3) is 5.91 Å². The summed E-state index contributed by atoms with van der Waals surface area (Å²) in [6.07, 6.45) is -0.262. The second kappa shape index (κ2) is 9.75. The summed E-state index contributed by atoms with van der Waals surface area (Å²) in [6, 6.07) is -0.577. The highest BCUT2D eigenvalue weighted by atomic mass is 16.6. The maximum atomic E-state index is 12.5. The summed E-state index contributed by atoms with van der Waals surface area (Å²) in [5.74, 6) is -0.317. The molecule has 144 valence electrons. The lowest BCUT2D eigenvalue weighted by molar-refractivity contribution is -0.145. The van der Waals surface area contributed by atoms with Crippen LogP contribution in [-0.4, -0.2) is 61.1 Å². The Labute approximate surface area is 150 Å². The van der Waals surface area contributed by atoms with Crippen LogP contribution in [0.4, 0.5) is 0 Å². The summed E-state index contributed by atoms with van der Waals surface area (Å²) in [6.45, 7) is 10.7. The molecule has 1 unspecified atom stereocenters. The average Bonchev–Trinajstić information content (AvgIpc) is 3.31. The summed E-state index contributed by atoms with van der Waals surface area (Å²) in [4.78, 5) is 38.1. The number of nitrogens with zero attached hydrogens (tertiary/aromatic N) is 1. The number of rotatable bonds is 10. The normalized spacial score (nSPS) is 20.3. The molecule has 7 nitrogen and oxygen atoms in total. The zero-order valence-electron chi connectivity index (χ0n) is 16.2. The summed E-state index contributed by atoms with van der Waals surface area (Å²) >= 11 is 0. The second-order valence-electron chi connectivity index (χ2n) is 7.30. The smallest absolute Gasteiger partial charge is 0.338 e. The summed E-state index contributed by atoms with van der Waals surface area (Å²) < 4.78 is 10.0. The molecule has 1 fully saturated rings. The lowest BCUT2D eigenvalue weighted by Crippen LogP contribution is -2.50. The highest BCUT2D eigenvalue weighted by Crippen LogP contribution is 2.26. The lowest BCUT2D eigenvalue weighted by atomic mass is 10.0. The van der Waals surface area contributed by atoms with E-state index in [-0.39, 0.29) is 24.3 Å². The molecule has 1 aliphatic rings. The number of carbonyl (C=O) groups excluding carboxylic acids is 3. The molecule has 1 aliphatic heterocycles. The number of ether oxygens (including phenoxy) is 2. The van der Waals surface area contributed by atoms with Crippen molar-refractivity contribution in [2.24, 2.45) is 11.8 Å². The van der Waals surface area contributed by atoms with Crippen molar-refractivity contribution in [1.29, 1.82) is 0 Å². The summed E-state index contributed by atoms with van der Waals surface area (Å²) in [5, 5.41) is 2.90. The Bertz CT molecular complexity index is 478. The molecule has 0 radical (unpaired) electrons. The predicted octanol–water partition coefficient (Wildman–Crippen LogP) is 1.35. The van der Waals surface area contributed by atoms with E-state index in [1.807, 2.05) is 13.8 Å². The van der Waals surface area contributed by atoms with Crippen LogP contribution in [0.2, 0.25) is 0 Å². The van der Waals surface area contributed by atoms with Crippen LogP contribution in [0.1, 0.15) is 47.5 Å². The van der Waals surface area contributed by atoms with Gasteiger partial charge < -0.3 is 19.7 Å². The Morgan fingerprint density at radius 3 is 2.28 bits per heavy atom. The van der Waals surface area contributed by atoms with Gasteiger partial charge in [0.2, 0.25) is 5.91 Å². The highest BCUT2D eigenvalue weighted by Gasteiger charge is 2.53. The molecule has 2 amide bonds. The molecule has 1 heterocycles. The van der Waals surface area contributed by atoms with Gasteiger partial charge in [-0.15, -0.1) is 0 Å². The number of hydrogen-bond acceptors (Lipinski definition) is 5.